The van der Waals surface area contributed by atoms with Crippen LogP contribution >= 0.6 is 0 Å². The van der Waals surface area contributed by atoms with E-state index in [4.69, 9.17) is 5.26 Å². The number of amides is 1. The lowest BCUT2D eigenvalue weighted by Gasteiger charge is -2.31. The SMILES string of the molecule is Cc1c(C(=O)NC2CCCCC2)nnn1-c1cccc2c1CCN(c1ccc(C#N)cn1)C2. The quantitative estimate of drug-likeness (QED) is 0.666. The third kappa shape index (κ3) is 4.19. The van der Waals surface area contributed by atoms with E-state index in [2.05, 4.69) is 37.6 Å². The summed E-state index contributed by atoms with van der Waals surface area (Å²) in [5, 5.41) is 20.7. The minimum atomic E-state index is -0.131. The van der Waals surface area contributed by atoms with Crippen molar-refractivity contribution in [3.05, 3.63) is 64.6 Å². The summed E-state index contributed by atoms with van der Waals surface area (Å²) >= 11 is 0. The predicted molar refractivity (Wildman–Crippen MR) is 124 cm³/mol. The van der Waals surface area contributed by atoms with Crippen LogP contribution in [0.25, 0.3) is 5.69 Å². The van der Waals surface area contributed by atoms with E-state index in [1.165, 1.54) is 30.4 Å². The van der Waals surface area contributed by atoms with E-state index in [0.29, 0.717) is 11.3 Å². The second-order valence-corrected chi connectivity index (χ2v) is 8.85. The second-order valence-electron chi connectivity index (χ2n) is 8.85. The standard InChI is InChI=1S/C25H27N7O/c1-17-24(25(33)28-20-7-3-2-4-8-20)29-30-32(17)22-9-5-6-19-16-31(13-12-21(19)22)23-11-10-18(14-26)15-27-23/h5-6,9-11,15,20H,2-4,7-8,12-13,16H2,1H3,(H,28,33). The Labute approximate surface area is 193 Å². The average Bonchev–Trinajstić information content (AvgIpc) is 3.25. The first-order chi connectivity index (χ1) is 16.1. The monoisotopic (exact) mass is 441 g/mol. The number of benzene rings is 1. The number of anilines is 1. The third-order valence-corrected chi connectivity index (χ3v) is 6.72. The van der Waals surface area contributed by atoms with Crippen LogP contribution in [0.15, 0.2) is 36.5 Å². The minimum Gasteiger partial charge on any atom is -0.352 e. The molecule has 3 aromatic rings. The number of nitriles is 1. The molecular formula is C25H27N7O. The molecule has 5 rings (SSSR count). The molecule has 1 aliphatic heterocycles. The van der Waals surface area contributed by atoms with Crippen molar-refractivity contribution in [2.24, 2.45) is 0 Å². The number of nitrogens with one attached hydrogen (secondary N) is 1. The number of aromatic nitrogens is 4. The molecule has 2 aromatic heterocycles. The maximum atomic E-state index is 12.9. The van der Waals surface area contributed by atoms with E-state index in [9.17, 15) is 4.79 Å². The van der Waals surface area contributed by atoms with E-state index < -0.39 is 0 Å². The fourth-order valence-corrected chi connectivity index (χ4v) is 4.89. The van der Waals surface area contributed by atoms with Gasteiger partial charge < -0.3 is 10.2 Å². The molecule has 168 valence electrons. The molecule has 2 aliphatic rings. The van der Waals surface area contributed by atoms with Gasteiger partial charge in [0.2, 0.25) is 0 Å². The van der Waals surface area contributed by atoms with E-state index in [-0.39, 0.29) is 11.9 Å². The number of nitrogens with zero attached hydrogens (tertiary/aromatic N) is 6. The van der Waals surface area contributed by atoms with Crippen LogP contribution in [0.3, 0.4) is 0 Å². The summed E-state index contributed by atoms with van der Waals surface area (Å²) in [4.78, 5) is 19.5. The van der Waals surface area contributed by atoms with E-state index in [1.54, 1.807) is 16.9 Å². The van der Waals surface area contributed by atoms with Crippen LogP contribution in [-0.4, -0.2) is 38.5 Å². The van der Waals surface area contributed by atoms with Crippen LogP contribution in [0, 0.1) is 18.3 Å². The van der Waals surface area contributed by atoms with Crippen LogP contribution in [0.2, 0.25) is 0 Å². The Hall–Kier alpha value is -3.73. The van der Waals surface area contributed by atoms with Crippen molar-refractivity contribution in [1.82, 2.24) is 25.3 Å². The van der Waals surface area contributed by atoms with Gasteiger partial charge in [-0.05, 0) is 55.5 Å². The number of pyridine rings is 1. The van der Waals surface area contributed by atoms with Crippen molar-refractivity contribution >= 4 is 11.7 Å². The van der Waals surface area contributed by atoms with Gasteiger partial charge in [-0.25, -0.2) is 9.67 Å². The zero-order valence-electron chi connectivity index (χ0n) is 18.8. The summed E-state index contributed by atoms with van der Waals surface area (Å²) in [5.74, 6) is 0.733. The molecule has 0 unspecified atom stereocenters. The molecule has 0 spiro atoms. The summed E-state index contributed by atoms with van der Waals surface area (Å²) < 4.78 is 1.80. The lowest BCUT2D eigenvalue weighted by Crippen LogP contribution is -2.36. The highest BCUT2D eigenvalue weighted by molar-refractivity contribution is 5.93. The summed E-state index contributed by atoms with van der Waals surface area (Å²) in [6, 6.07) is 12.2. The average molecular weight is 442 g/mol. The van der Waals surface area contributed by atoms with Gasteiger partial charge in [-0.1, -0.05) is 36.6 Å². The Morgan fingerprint density at radius 2 is 2.03 bits per heavy atom. The number of carbonyl (C=O) groups excluding carboxylic acids is 1. The lowest BCUT2D eigenvalue weighted by molar-refractivity contribution is 0.0922. The Balaban J connectivity index is 1.37. The molecule has 8 nitrogen and oxygen atoms in total. The minimum absolute atomic E-state index is 0.131. The molecule has 0 saturated heterocycles. The lowest BCUT2D eigenvalue weighted by atomic mass is 9.95. The van der Waals surface area contributed by atoms with Gasteiger partial charge in [0.05, 0.1) is 16.9 Å². The van der Waals surface area contributed by atoms with Crippen molar-refractivity contribution in [2.45, 2.75) is 58.0 Å². The van der Waals surface area contributed by atoms with Gasteiger partial charge in [-0.3, -0.25) is 4.79 Å². The van der Waals surface area contributed by atoms with Gasteiger partial charge in [-0.15, -0.1) is 5.10 Å². The summed E-state index contributed by atoms with van der Waals surface area (Å²) in [7, 11) is 0. The number of hydrogen-bond donors (Lipinski definition) is 1. The fraction of sp³-hybridized carbons (Fsp3) is 0.400. The Morgan fingerprint density at radius 3 is 2.79 bits per heavy atom. The molecule has 0 bridgehead atoms. The molecule has 3 heterocycles. The molecule has 0 radical (unpaired) electrons. The van der Waals surface area contributed by atoms with Crippen molar-refractivity contribution in [3.8, 4) is 11.8 Å². The first-order valence-electron chi connectivity index (χ1n) is 11.6. The van der Waals surface area contributed by atoms with Crippen molar-refractivity contribution in [3.63, 3.8) is 0 Å². The zero-order chi connectivity index (χ0) is 22.8. The van der Waals surface area contributed by atoms with Gasteiger partial charge in [0, 0.05) is 25.3 Å². The van der Waals surface area contributed by atoms with Gasteiger partial charge in [0.25, 0.3) is 5.91 Å². The molecule has 8 heteroatoms. The van der Waals surface area contributed by atoms with E-state index >= 15 is 0 Å². The first kappa shape index (κ1) is 21.1. The molecule has 0 atom stereocenters. The highest BCUT2D eigenvalue weighted by Crippen LogP contribution is 2.28. The van der Waals surface area contributed by atoms with Gasteiger partial charge in [-0.2, -0.15) is 5.26 Å². The molecular weight excluding hydrogens is 414 g/mol. The van der Waals surface area contributed by atoms with E-state index in [0.717, 1.165) is 49.6 Å². The largest absolute Gasteiger partial charge is 0.352 e. The Bertz CT molecular complexity index is 1200. The topological polar surface area (TPSA) is 99.7 Å². The Morgan fingerprint density at radius 1 is 1.18 bits per heavy atom. The number of rotatable bonds is 4. The van der Waals surface area contributed by atoms with Crippen molar-refractivity contribution in [2.75, 3.05) is 11.4 Å². The van der Waals surface area contributed by atoms with Crippen LogP contribution in [0.4, 0.5) is 5.82 Å². The normalized spacial score (nSPS) is 16.2. The zero-order valence-corrected chi connectivity index (χ0v) is 18.8. The maximum absolute atomic E-state index is 12.9. The van der Waals surface area contributed by atoms with Gasteiger partial charge >= 0.3 is 0 Å². The molecule has 1 N–H and O–H groups in total. The Kier molecular flexibility index (Phi) is 5.78. The van der Waals surface area contributed by atoms with Gasteiger partial charge in [0.1, 0.15) is 11.9 Å². The first-order valence-corrected chi connectivity index (χ1v) is 11.6. The molecule has 33 heavy (non-hydrogen) atoms. The summed E-state index contributed by atoms with van der Waals surface area (Å²) in [5.41, 5.74) is 5.11. The molecule has 1 aliphatic carbocycles. The van der Waals surface area contributed by atoms with E-state index in [1.807, 2.05) is 25.1 Å². The molecule has 1 saturated carbocycles. The van der Waals surface area contributed by atoms with Crippen LogP contribution in [-0.2, 0) is 13.0 Å². The molecule has 1 fully saturated rings. The van der Waals surface area contributed by atoms with Gasteiger partial charge in [0.15, 0.2) is 5.69 Å². The van der Waals surface area contributed by atoms with Crippen LogP contribution in [0.5, 0.6) is 0 Å². The number of hydrogen-bond acceptors (Lipinski definition) is 6. The summed E-state index contributed by atoms with van der Waals surface area (Å²) in [6.45, 7) is 3.45. The highest BCUT2D eigenvalue weighted by atomic mass is 16.2. The van der Waals surface area contributed by atoms with Crippen LogP contribution in [0.1, 0.15) is 65.0 Å². The maximum Gasteiger partial charge on any atom is 0.273 e. The fourth-order valence-electron chi connectivity index (χ4n) is 4.89. The third-order valence-electron chi connectivity index (χ3n) is 6.72. The predicted octanol–water partition coefficient (Wildman–Crippen LogP) is 3.47. The second kappa shape index (κ2) is 9.02. The number of fused-ring (bicyclic) bond motifs is 1. The van der Waals surface area contributed by atoms with Crippen molar-refractivity contribution in [1.29, 1.82) is 5.26 Å². The summed E-state index contributed by atoms with van der Waals surface area (Å²) in [6.07, 6.45) is 8.10. The van der Waals surface area contributed by atoms with Crippen molar-refractivity contribution < 1.29 is 4.79 Å². The smallest absolute Gasteiger partial charge is 0.273 e. The molecule has 1 aromatic carbocycles. The number of carbonyl (C=O) groups is 1. The highest BCUT2D eigenvalue weighted by Gasteiger charge is 2.25. The molecule has 1 amide bonds. The van der Waals surface area contributed by atoms with Crippen LogP contribution < -0.4 is 10.2 Å².